The molecule has 2 aliphatic rings. The van der Waals surface area contributed by atoms with E-state index in [1.54, 1.807) is 18.0 Å². The Labute approximate surface area is 181 Å². The molecule has 158 valence electrons. The summed E-state index contributed by atoms with van der Waals surface area (Å²) in [6.45, 7) is 3.76. The van der Waals surface area contributed by atoms with E-state index >= 15 is 0 Å². The quantitative estimate of drug-likeness (QED) is 0.643. The summed E-state index contributed by atoms with van der Waals surface area (Å²) < 4.78 is 5.38. The molecule has 1 aromatic heterocycles. The zero-order valence-corrected chi connectivity index (χ0v) is 18.0. The number of aromatic nitrogens is 1. The summed E-state index contributed by atoms with van der Waals surface area (Å²) in [7, 11) is 0. The number of thioether (sulfide) groups is 1. The Balaban J connectivity index is 1.42. The highest BCUT2D eigenvalue weighted by Crippen LogP contribution is 2.33. The number of piperidine rings is 1. The number of nitrogens with zero attached hydrogens (tertiary/aromatic N) is 3. The maximum absolute atomic E-state index is 13.1. The van der Waals surface area contributed by atoms with Gasteiger partial charge in [0.15, 0.2) is 0 Å². The fourth-order valence-electron chi connectivity index (χ4n) is 4.15. The molecule has 0 aliphatic carbocycles. The lowest BCUT2D eigenvalue weighted by Gasteiger charge is -2.38. The average Bonchev–Trinajstić information content (AvgIpc) is 3.19. The van der Waals surface area contributed by atoms with E-state index in [9.17, 15) is 9.59 Å². The third-order valence-corrected chi connectivity index (χ3v) is 6.90. The molecule has 2 saturated heterocycles. The summed E-state index contributed by atoms with van der Waals surface area (Å²) in [5, 5.41) is 0.804. The predicted molar refractivity (Wildman–Crippen MR) is 117 cm³/mol. The van der Waals surface area contributed by atoms with E-state index in [0.29, 0.717) is 25.3 Å². The van der Waals surface area contributed by atoms with Gasteiger partial charge in [-0.2, -0.15) is 0 Å². The maximum atomic E-state index is 13.1. The molecule has 3 heterocycles. The van der Waals surface area contributed by atoms with Gasteiger partial charge in [-0.1, -0.05) is 37.3 Å². The summed E-state index contributed by atoms with van der Waals surface area (Å²) in [5.74, 6) is 0.973. The van der Waals surface area contributed by atoms with Crippen molar-refractivity contribution in [3.05, 3.63) is 59.8 Å². The number of carbonyl (C=O) groups is 2. The van der Waals surface area contributed by atoms with E-state index in [1.165, 1.54) is 0 Å². The van der Waals surface area contributed by atoms with Crippen molar-refractivity contribution in [2.75, 3.05) is 25.4 Å². The Morgan fingerprint density at radius 3 is 2.67 bits per heavy atom. The molecule has 4 rings (SSSR count). The van der Waals surface area contributed by atoms with Gasteiger partial charge < -0.3 is 9.64 Å². The number of likely N-dealkylation sites (tertiary alicyclic amines) is 1. The van der Waals surface area contributed by atoms with Crippen molar-refractivity contribution >= 4 is 23.8 Å². The second-order valence-electron chi connectivity index (χ2n) is 7.64. The summed E-state index contributed by atoms with van der Waals surface area (Å²) in [6.07, 6.45) is 4.03. The lowest BCUT2D eigenvalue weighted by molar-refractivity contribution is 0.0632. The van der Waals surface area contributed by atoms with E-state index in [0.717, 1.165) is 35.6 Å². The summed E-state index contributed by atoms with van der Waals surface area (Å²) in [5.41, 5.74) is 1.77. The van der Waals surface area contributed by atoms with Crippen LogP contribution in [0.5, 0.6) is 0 Å². The van der Waals surface area contributed by atoms with E-state index in [-0.39, 0.29) is 24.1 Å². The zero-order valence-electron chi connectivity index (χ0n) is 17.2. The molecule has 0 radical (unpaired) electrons. The number of carbonyl (C=O) groups excluding carboxylic acids is 2. The first-order chi connectivity index (χ1) is 14.7. The summed E-state index contributed by atoms with van der Waals surface area (Å²) in [4.78, 5) is 33.8. The van der Waals surface area contributed by atoms with Crippen LogP contribution in [0, 0.1) is 0 Å². The lowest BCUT2D eigenvalue weighted by Crippen LogP contribution is -2.47. The number of amides is 2. The van der Waals surface area contributed by atoms with Crippen LogP contribution in [0.4, 0.5) is 4.79 Å². The van der Waals surface area contributed by atoms with Crippen molar-refractivity contribution in [2.45, 2.75) is 43.3 Å². The van der Waals surface area contributed by atoms with Crippen molar-refractivity contribution < 1.29 is 14.3 Å². The first-order valence-electron chi connectivity index (χ1n) is 10.6. The second kappa shape index (κ2) is 9.51. The van der Waals surface area contributed by atoms with Gasteiger partial charge in [0.1, 0.15) is 11.6 Å². The minimum Gasteiger partial charge on any atom is -0.447 e. The predicted octanol–water partition coefficient (Wildman–Crippen LogP) is 4.38. The van der Waals surface area contributed by atoms with Gasteiger partial charge in [-0.15, -0.1) is 11.8 Å². The largest absolute Gasteiger partial charge is 0.447 e. The zero-order chi connectivity index (χ0) is 20.9. The molecule has 2 fully saturated rings. The molecule has 30 heavy (non-hydrogen) atoms. The fraction of sp³-hybridized carbons (Fsp3) is 0.435. The van der Waals surface area contributed by atoms with Gasteiger partial charge in [0, 0.05) is 25.3 Å². The normalized spacial score (nSPS) is 19.8. The topological polar surface area (TPSA) is 62.7 Å². The van der Waals surface area contributed by atoms with E-state index in [4.69, 9.17) is 4.74 Å². The second-order valence-corrected chi connectivity index (χ2v) is 8.72. The van der Waals surface area contributed by atoms with E-state index in [1.807, 2.05) is 52.3 Å². The monoisotopic (exact) mass is 425 g/mol. The van der Waals surface area contributed by atoms with Gasteiger partial charge in [-0.25, -0.2) is 9.78 Å². The SMILES string of the molecule is CCCSc1ncccc1C(=O)N1CCC(N2C(=O)OCC2c2ccccc2)CC1. The summed E-state index contributed by atoms with van der Waals surface area (Å²) >= 11 is 1.63. The lowest BCUT2D eigenvalue weighted by atomic mass is 9.99. The standard InChI is InChI=1S/C23H27N3O3S/c1-2-15-30-21-19(9-6-12-24-21)22(27)25-13-10-18(11-14-25)26-20(16-29-23(26)28)17-7-4-3-5-8-17/h3-9,12,18,20H,2,10-11,13-16H2,1H3. The first-order valence-corrected chi connectivity index (χ1v) is 11.5. The Hall–Kier alpha value is -2.54. The summed E-state index contributed by atoms with van der Waals surface area (Å²) in [6, 6.07) is 13.7. The van der Waals surface area contributed by atoms with Gasteiger partial charge in [0.05, 0.1) is 11.6 Å². The van der Waals surface area contributed by atoms with Crippen LogP contribution in [0.3, 0.4) is 0 Å². The molecule has 0 N–H and O–H groups in total. The van der Waals surface area contributed by atoms with Crippen LogP contribution < -0.4 is 0 Å². The molecule has 0 bridgehead atoms. The average molecular weight is 426 g/mol. The molecule has 2 aromatic rings. The third-order valence-electron chi connectivity index (χ3n) is 5.69. The molecule has 7 heteroatoms. The molecular formula is C23H27N3O3S. The Bertz CT molecular complexity index is 884. The van der Waals surface area contributed by atoms with Crippen LogP contribution in [0.15, 0.2) is 53.7 Å². The number of rotatable bonds is 6. The number of cyclic esters (lactones) is 1. The van der Waals surface area contributed by atoms with Crippen molar-refractivity contribution in [2.24, 2.45) is 0 Å². The molecule has 1 aromatic carbocycles. The van der Waals surface area contributed by atoms with Crippen LogP contribution in [0.2, 0.25) is 0 Å². The fourth-order valence-corrected chi connectivity index (χ4v) is 5.00. The number of benzene rings is 1. The van der Waals surface area contributed by atoms with Crippen LogP contribution in [0.25, 0.3) is 0 Å². The number of hydrogen-bond acceptors (Lipinski definition) is 5. The van der Waals surface area contributed by atoms with Gasteiger partial charge in [-0.3, -0.25) is 9.69 Å². The smallest absolute Gasteiger partial charge is 0.410 e. The maximum Gasteiger partial charge on any atom is 0.410 e. The van der Waals surface area contributed by atoms with Crippen LogP contribution in [-0.4, -0.2) is 58.3 Å². The van der Waals surface area contributed by atoms with Crippen LogP contribution in [-0.2, 0) is 4.74 Å². The third kappa shape index (κ3) is 4.31. The minimum absolute atomic E-state index is 0.0313. The molecule has 1 unspecified atom stereocenters. The Kier molecular flexibility index (Phi) is 6.57. The number of hydrogen-bond donors (Lipinski definition) is 0. The van der Waals surface area contributed by atoms with Gasteiger partial charge >= 0.3 is 6.09 Å². The first kappa shape index (κ1) is 20.7. The van der Waals surface area contributed by atoms with Crippen molar-refractivity contribution in [3.8, 4) is 0 Å². The van der Waals surface area contributed by atoms with E-state index in [2.05, 4.69) is 11.9 Å². The molecular weight excluding hydrogens is 398 g/mol. The van der Waals surface area contributed by atoms with Gasteiger partial charge in [0.2, 0.25) is 0 Å². The molecule has 0 spiro atoms. The van der Waals surface area contributed by atoms with Crippen LogP contribution in [0.1, 0.15) is 48.1 Å². The van der Waals surface area contributed by atoms with E-state index < -0.39 is 0 Å². The van der Waals surface area contributed by atoms with Crippen LogP contribution >= 0.6 is 11.8 Å². The number of pyridine rings is 1. The highest BCUT2D eigenvalue weighted by Gasteiger charge is 2.40. The Morgan fingerprint density at radius 1 is 1.17 bits per heavy atom. The molecule has 6 nitrogen and oxygen atoms in total. The highest BCUT2D eigenvalue weighted by molar-refractivity contribution is 7.99. The van der Waals surface area contributed by atoms with Gasteiger partial charge in [-0.05, 0) is 42.7 Å². The molecule has 1 atom stereocenters. The van der Waals surface area contributed by atoms with Crippen molar-refractivity contribution in [1.29, 1.82) is 0 Å². The Morgan fingerprint density at radius 2 is 1.93 bits per heavy atom. The van der Waals surface area contributed by atoms with Crippen molar-refractivity contribution in [1.82, 2.24) is 14.8 Å². The van der Waals surface area contributed by atoms with Crippen molar-refractivity contribution in [3.63, 3.8) is 0 Å². The molecule has 2 amide bonds. The molecule has 2 aliphatic heterocycles. The number of ether oxygens (including phenoxy) is 1. The minimum atomic E-state index is -0.251. The van der Waals surface area contributed by atoms with Gasteiger partial charge in [0.25, 0.3) is 5.91 Å². The molecule has 0 saturated carbocycles. The highest BCUT2D eigenvalue weighted by atomic mass is 32.2.